The Labute approximate surface area is 201 Å². The van der Waals surface area contributed by atoms with E-state index in [0.29, 0.717) is 30.2 Å². The van der Waals surface area contributed by atoms with Crippen LogP contribution in [0.4, 0.5) is 0 Å². The fraction of sp³-hybridized carbons (Fsp3) is 0.577. The molecule has 0 spiro atoms. The molecule has 2 aliphatic rings. The topological polar surface area (TPSA) is 67.2 Å². The van der Waals surface area contributed by atoms with Crippen LogP contribution < -0.4 is 5.32 Å². The van der Waals surface area contributed by atoms with Crippen molar-refractivity contribution in [1.29, 1.82) is 0 Å². The molecule has 1 N–H and O–H groups in total. The maximum absolute atomic E-state index is 13.7. The van der Waals surface area contributed by atoms with Crippen molar-refractivity contribution < 1.29 is 9.59 Å². The van der Waals surface area contributed by atoms with Crippen molar-refractivity contribution in [3.05, 3.63) is 52.3 Å². The zero-order valence-electron chi connectivity index (χ0n) is 19.9. The summed E-state index contributed by atoms with van der Waals surface area (Å²) in [5.41, 5.74) is 1.53. The molecule has 1 aliphatic carbocycles. The average molecular weight is 471 g/mol. The van der Waals surface area contributed by atoms with Gasteiger partial charge in [-0.3, -0.25) is 14.3 Å². The summed E-state index contributed by atoms with van der Waals surface area (Å²) in [6, 6.07) is 9.72. The molecule has 4 rings (SSSR count). The minimum absolute atomic E-state index is 0.0777. The highest BCUT2D eigenvalue weighted by molar-refractivity contribution is 6.30. The van der Waals surface area contributed by atoms with Crippen molar-refractivity contribution in [3.63, 3.8) is 0 Å². The van der Waals surface area contributed by atoms with Crippen LogP contribution in [-0.2, 0) is 17.8 Å². The third kappa shape index (κ3) is 5.11. The largest absolute Gasteiger partial charge is 0.351 e. The molecule has 1 fully saturated rings. The molecular formula is C26H35ClN4O2. The van der Waals surface area contributed by atoms with Gasteiger partial charge in [-0.05, 0) is 55.9 Å². The molecule has 1 atom stereocenters. The number of hydrogen-bond donors (Lipinski definition) is 1. The normalized spacial score (nSPS) is 21.7. The molecule has 6 nitrogen and oxygen atoms in total. The van der Waals surface area contributed by atoms with E-state index in [0.717, 1.165) is 36.9 Å². The van der Waals surface area contributed by atoms with Crippen LogP contribution in [0.25, 0.3) is 0 Å². The third-order valence-electron chi connectivity index (χ3n) is 7.12. The van der Waals surface area contributed by atoms with Crippen molar-refractivity contribution >= 4 is 23.4 Å². The van der Waals surface area contributed by atoms with E-state index < -0.39 is 5.54 Å². The third-order valence-corrected chi connectivity index (χ3v) is 7.38. The molecule has 33 heavy (non-hydrogen) atoms. The summed E-state index contributed by atoms with van der Waals surface area (Å²) in [5, 5.41) is 8.66. The molecule has 1 aromatic carbocycles. The first-order valence-corrected chi connectivity index (χ1v) is 12.6. The van der Waals surface area contributed by atoms with E-state index in [-0.39, 0.29) is 23.8 Å². The van der Waals surface area contributed by atoms with E-state index in [2.05, 4.69) is 24.3 Å². The maximum atomic E-state index is 13.7. The second-order valence-corrected chi connectivity index (χ2v) is 10.5. The van der Waals surface area contributed by atoms with Gasteiger partial charge < -0.3 is 10.2 Å². The predicted molar refractivity (Wildman–Crippen MR) is 131 cm³/mol. The van der Waals surface area contributed by atoms with Gasteiger partial charge in [0.15, 0.2) is 0 Å². The van der Waals surface area contributed by atoms with Crippen LogP contribution in [0.3, 0.4) is 0 Å². The van der Waals surface area contributed by atoms with Crippen LogP contribution in [0, 0.1) is 0 Å². The van der Waals surface area contributed by atoms with Gasteiger partial charge in [-0.1, -0.05) is 63.3 Å². The summed E-state index contributed by atoms with van der Waals surface area (Å²) in [6.45, 7) is 6.83. The lowest BCUT2D eigenvalue weighted by molar-refractivity contribution is -0.133. The number of amides is 2. The summed E-state index contributed by atoms with van der Waals surface area (Å²) >= 11 is 6.03. The van der Waals surface area contributed by atoms with Crippen LogP contribution in [0.2, 0.25) is 5.02 Å². The van der Waals surface area contributed by atoms with Crippen molar-refractivity contribution in [2.45, 2.75) is 89.8 Å². The van der Waals surface area contributed by atoms with Crippen molar-refractivity contribution in [3.8, 4) is 0 Å². The highest BCUT2D eigenvalue weighted by Gasteiger charge is 2.48. The summed E-state index contributed by atoms with van der Waals surface area (Å²) in [4.78, 5) is 29.1. The lowest BCUT2D eigenvalue weighted by Gasteiger charge is -2.44. The molecular weight excluding hydrogens is 436 g/mol. The van der Waals surface area contributed by atoms with Gasteiger partial charge in [-0.25, -0.2) is 0 Å². The van der Waals surface area contributed by atoms with Gasteiger partial charge >= 0.3 is 0 Å². The van der Waals surface area contributed by atoms with Gasteiger partial charge in [-0.2, -0.15) is 5.10 Å². The van der Waals surface area contributed by atoms with E-state index in [4.69, 9.17) is 11.6 Å². The second-order valence-electron chi connectivity index (χ2n) is 10.0. The Morgan fingerprint density at radius 1 is 1.18 bits per heavy atom. The van der Waals surface area contributed by atoms with Gasteiger partial charge in [0.2, 0.25) is 5.91 Å². The summed E-state index contributed by atoms with van der Waals surface area (Å²) in [7, 11) is 0. The van der Waals surface area contributed by atoms with Gasteiger partial charge in [0.1, 0.15) is 11.2 Å². The Bertz CT molecular complexity index is 992. The Morgan fingerprint density at radius 2 is 1.85 bits per heavy atom. The zero-order chi connectivity index (χ0) is 23.6. The number of carbonyl (C=O) groups excluding carboxylic acids is 2. The lowest BCUT2D eigenvalue weighted by Crippen LogP contribution is -2.65. The highest BCUT2D eigenvalue weighted by Crippen LogP contribution is 2.30. The van der Waals surface area contributed by atoms with Gasteiger partial charge in [0, 0.05) is 17.6 Å². The smallest absolute Gasteiger partial charge is 0.273 e. The number of carbonyl (C=O) groups is 2. The molecule has 2 aromatic rings. The molecule has 0 saturated heterocycles. The Balaban J connectivity index is 1.61. The number of rotatable bonds is 6. The first kappa shape index (κ1) is 23.8. The quantitative estimate of drug-likeness (QED) is 0.607. The van der Waals surface area contributed by atoms with E-state index in [1.807, 2.05) is 37.3 Å². The standard InChI is InChI=1S/C26H35ClN4O2/c1-18(2)22-16-23-24(32)30(15-14-19-10-12-20(27)13-11-19)26(3,17-31(23)29-22)25(33)28-21-8-6-4-5-7-9-21/h10-13,16,18,21H,4-9,14-15,17H2,1-3H3,(H,28,33). The Morgan fingerprint density at radius 3 is 2.48 bits per heavy atom. The van der Waals surface area contributed by atoms with Crippen molar-refractivity contribution in [2.75, 3.05) is 6.54 Å². The van der Waals surface area contributed by atoms with Crippen LogP contribution in [0.5, 0.6) is 0 Å². The number of nitrogens with one attached hydrogen (secondary N) is 1. The molecule has 1 aliphatic heterocycles. The molecule has 1 unspecified atom stereocenters. The van der Waals surface area contributed by atoms with Gasteiger partial charge in [-0.15, -0.1) is 0 Å². The SMILES string of the molecule is CC(C)c1cc2n(n1)CC(C)(C(=O)NC1CCCCCC1)N(CCc1ccc(Cl)cc1)C2=O. The number of benzene rings is 1. The maximum Gasteiger partial charge on any atom is 0.273 e. The Kier molecular flexibility index (Phi) is 7.13. The minimum atomic E-state index is -0.997. The van der Waals surface area contributed by atoms with Crippen LogP contribution in [0.15, 0.2) is 30.3 Å². The highest BCUT2D eigenvalue weighted by atomic mass is 35.5. The van der Waals surface area contributed by atoms with E-state index in [1.165, 1.54) is 12.8 Å². The number of aromatic nitrogens is 2. The fourth-order valence-corrected chi connectivity index (χ4v) is 5.08. The van der Waals surface area contributed by atoms with Crippen molar-refractivity contribution in [1.82, 2.24) is 20.0 Å². The molecule has 2 amide bonds. The first-order valence-electron chi connectivity index (χ1n) is 12.2. The summed E-state index contributed by atoms with van der Waals surface area (Å²) in [5.74, 6) is 0.00345. The van der Waals surface area contributed by atoms with E-state index in [9.17, 15) is 9.59 Å². The van der Waals surface area contributed by atoms with Crippen LogP contribution in [-0.4, -0.2) is 44.6 Å². The molecule has 0 bridgehead atoms. The number of hydrogen-bond acceptors (Lipinski definition) is 3. The Hall–Kier alpha value is -2.34. The zero-order valence-corrected chi connectivity index (χ0v) is 20.7. The average Bonchev–Trinajstić information content (AvgIpc) is 3.04. The van der Waals surface area contributed by atoms with Crippen molar-refractivity contribution in [2.24, 2.45) is 0 Å². The molecule has 1 aromatic heterocycles. The van der Waals surface area contributed by atoms with E-state index >= 15 is 0 Å². The number of halogens is 1. The summed E-state index contributed by atoms with van der Waals surface area (Å²) in [6.07, 6.45) is 7.40. The lowest BCUT2D eigenvalue weighted by atomic mass is 9.93. The first-order chi connectivity index (χ1) is 15.8. The fourth-order valence-electron chi connectivity index (χ4n) is 4.95. The number of nitrogens with zero attached hydrogens (tertiary/aromatic N) is 3. The summed E-state index contributed by atoms with van der Waals surface area (Å²) < 4.78 is 1.74. The van der Waals surface area contributed by atoms with E-state index in [1.54, 1.807) is 9.58 Å². The molecule has 2 heterocycles. The molecule has 1 saturated carbocycles. The van der Waals surface area contributed by atoms with Gasteiger partial charge in [0.05, 0.1) is 12.2 Å². The minimum Gasteiger partial charge on any atom is -0.351 e. The molecule has 178 valence electrons. The molecule has 0 radical (unpaired) electrons. The molecule has 7 heteroatoms. The van der Waals surface area contributed by atoms with Gasteiger partial charge in [0.25, 0.3) is 5.91 Å². The van der Waals surface area contributed by atoms with Crippen LogP contribution in [0.1, 0.15) is 87.0 Å². The predicted octanol–water partition coefficient (Wildman–Crippen LogP) is 4.96. The second kappa shape index (κ2) is 9.88. The number of fused-ring (bicyclic) bond motifs is 1. The monoisotopic (exact) mass is 470 g/mol. The van der Waals surface area contributed by atoms with Crippen LogP contribution >= 0.6 is 11.6 Å².